The summed E-state index contributed by atoms with van der Waals surface area (Å²) in [5.74, 6) is 0.850. The van der Waals surface area contributed by atoms with Crippen LogP contribution in [0, 0.1) is 0 Å². The van der Waals surface area contributed by atoms with Gasteiger partial charge in [-0.1, -0.05) is 61.7 Å². The highest BCUT2D eigenvalue weighted by Gasteiger charge is 2.27. The average Bonchev–Trinajstić information content (AvgIpc) is 3.20. The molecule has 0 unspecified atom stereocenters. The number of benzene rings is 1. The highest BCUT2D eigenvalue weighted by molar-refractivity contribution is 5.76. The van der Waals surface area contributed by atoms with Crippen LogP contribution in [0.3, 0.4) is 0 Å². The quantitative estimate of drug-likeness (QED) is 0.562. The zero-order valence-corrected chi connectivity index (χ0v) is 18.1. The van der Waals surface area contributed by atoms with Gasteiger partial charge in [-0.25, -0.2) is 9.67 Å². The van der Waals surface area contributed by atoms with E-state index < -0.39 is 0 Å². The predicted molar refractivity (Wildman–Crippen MR) is 119 cm³/mol. The van der Waals surface area contributed by atoms with Crippen LogP contribution < -0.4 is 5.56 Å². The smallest absolute Gasteiger partial charge is 0.281 e. The molecule has 0 bridgehead atoms. The highest BCUT2D eigenvalue weighted by atomic mass is 16.2. The minimum absolute atomic E-state index is 0.0190. The first-order valence-corrected chi connectivity index (χ1v) is 11.3. The van der Waals surface area contributed by atoms with Crippen molar-refractivity contribution in [3.63, 3.8) is 0 Å². The highest BCUT2D eigenvalue weighted by Crippen LogP contribution is 2.25. The molecule has 1 fully saturated rings. The Hall–Kier alpha value is -3.03. The summed E-state index contributed by atoms with van der Waals surface area (Å²) < 4.78 is 1.67. The topological polar surface area (TPSA) is 96.8 Å². The molecule has 164 valence electrons. The number of hydrogen-bond donors (Lipinski definition) is 1. The third-order valence-electron chi connectivity index (χ3n) is 5.97. The summed E-state index contributed by atoms with van der Waals surface area (Å²) in [6.07, 6.45) is 6.79. The van der Waals surface area contributed by atoms with Crippen molar-refractivity contribution in [1.29, 1.82) is 0 Å². The summed E-state index contributed by atoms with van der Waals surface area (Å²) in [6.45, 7) is 4.05. The molecule has 0 aliphatic carbocycles. The van der Waals surface area contributed by atoms with Crippen molar-refractivity contribution in [3.05, 3.63) is 52.1 Å². The lowest BCUT2D eigenvalue weighted by Gasteiger charge is -2.32. The van der Waals surface area contributed by atoms with Gasteiger partial charge in [0, 0.05) is 25.4 Å². The predicted octanol–water partition coefficient (Wildman–Crippen LogP) is 3.24. The molecule has 3 aromatic rings. The number of carbonyl (C=O) groups excluding carboxylic acids is 1. The van der Waals surface area contributed by atoms with Gasteiger partial charge >= 0.3 is 0 Å². The maximum absolute atomic E-state index is 12.6. The number of nitrogens with zero attached hydrogens (tertiary/aromatic N) is 5. The second-order valence-corrected chi connectivity index (χ2v) is 8.35. The molecule has 1 aliphatic heterocycles. The van der Waals surface area contributed by atoms with Crippen LogP contribution in [0.15, 0.2) is 35.1 Å². The van der Waals surface area contributed by atoms with Crippen LogP contribution in [0.2, 0.25) is 0 Å². The van der Waals surface area contributed by atoms with Crippen molar-refractivity contribution in [2.75, 3.05) is 13.1 Å². The van der Waals surface area contributed by atoms with E-state index in [-0.39, 0.29) is 22.9 Å². The molecule has 1 saturated heterocycles. The summed E-state index contributed by atoms with van der Waals surface area (Å²) in [6, 6.07) is 9.91. The lowest BCUT2D eigenvalue weighted by atomic mass is 9.96. The van der Waals surface area contributed by atoms with Crippen molar-refractivity contribution in [1.82, 2.24) is 29.9 Å². The van der Waals surface area contributed by atoms with E-state index in [0.29, 0.717) is 31.0 Å². The molecule has 8 nitrogen and oxygen atoms in total. The molecule has 0 spiro atoms. The van der Waals surface area contributed by atoms with Gasteiger partial charge in [0.15, 0.2) is 11.2 Å². The number of piperidine rings is 1. The van der Waals surface area contributed by atoms with E-state index in [1.54, 1.807) is 4.68 Å². The fourth-order valence-electron chi connectivity index (χ4n) is 4.23. The Morgan fingerprint density at radius 2 is 2.03 bits per heavy atom. The summed E-state index contributed by atoms with van der Waals surface area (Å²) in [4.78, 5) is 34.8. The first-order valence-electron chi connectivity index (χ1n) is 11.3. The number of nitrogens with one attached hydrogen (secondary N) is 1. The lowest BCUT2D eigenvalue weighted by Crippen LogP contribution is -2.39. The first-order chi connectivity index (χ1) is 15.2. The van der Waals surface area contributed by atoms with Crippen molar-refractivity contribution in [3.8, 4) is 0 Å². The Labute approximate surface area is 181 Å². The minimum Gasteiger partial charge on any atom is -0.342 e. The normalized spacial score (nSPS) is 16.7. The molecular formula is C23H30N6O2. The van der Waals surface area contributed by atoms with Gasteiger partial charge in [0.2, 0.25) is 5.91 Å². The molecule has 31 heavy (non-hydrogen) atoms. The van der Waals surface area contributed by atoms with Crippen molar-refractivity contribution >= 4 is 17.1 Å². The van der Waals surface area contributed by atoms with Gasteiger partial charge in [-0.2, -0.15) is 0 Å². The molecule has 4 rings (SSSR count). The number of likely N-dealkylation sites (tertiary alicyclic amines) is 1. The van der Waals surface area contributed by atoms with Crippen LogP contribution in [0.5, 0.6) is 0 Å². The summed E-state index contributed by atoms with van der Waals surface area (Å²) in [5, 5.41) is 8.18. The maximum Gasteiger partial charge on any atom is 0.281 e. The second kappa shape index (κ2) is 9.85. The molecule has 0 saturated carbocycles. The second-order valence-electron chi connectivity index (χ2n) is 8.35. The largest absolute Gasteiger partial charge is 0.342 e. The molecule has 1 amide bonds. The minimum atomic E-state index is -0.276. The Kier molecular flexibility index (Phi) is 6.74. The van der Waals surface area contributed by atoms with E-state index in [0.717, 1.165) is 44.2 Å². The molecule has 8 heteroatoms. The Morgan fingerprint density at radius 1 is 1.19 bits per heavy atom. The van der Waals surface area contributed by atoms with E-state index in [1.807, 2.05) is 35.2 Å². The first kappa shape index (κ1) is 21.2. The standard InChI is InChI=1S/C23H30N6O2/c1-2-3-4-8-13-19(30)28-14-9-12-18(16-28)21-24-22-20(23(31)25-21)26-27-29(22)15-17-10-6-5-7-11-17/h5-7,10-11,18H,2-4,8-9,12-16H2,1H3,(H,24,25,31)/t18-/m0/s1. The number of aromatic nitrogens is 5. The molecule has 1 aromatic carbocycles. The van der Waals surface area contributed by atoms with Crippen LogP contribution in [-0.4, -0.2) is 48.9 Å². The van der Waals surface area contributed by atoms with Gasteiger partial charge in [0.05, 0.1) is 6.54 Å². The maximum atomic E-state index is 12.6. The lowest BCUT2D eigenvalue weighted by molar-refractivity contribution is -0.132. The van der Waals surface area contributed by atoms with Crippen LogP contribution in [0.4, 0.5) is 0 Å². The van der Waals surface area contributed by atoms with Gasteiger partial charge in [-0.3, -0.25) is 9.59 Å². The summed E-state index contributed by atoms with van der Waals surface area (Å²) in [5.41, 5.74) is 1.53. The molecular weight excluding hydrogens is 392 g/mol. The number of carbonyl (C=O) groups is 1. The number of unbranched alkanes of at least 4 members (excludes halogenated alkanes) is 3. The van der Waals surface area contributed by atoms with E-state index in [4.69, 9.17) is 4.98 Å². The average molecular weight is 423 g/mol. The number of hydrogen-bond acceptors (Lipinski definition) is 5. The molecule has 1 N–H and O–H groups in total. The zero-order chi connectivity index (χ0) is 21.6. The Bertz CT molecular complexity index is 1070. The van der Waals surface area contributed by atoms with Crippen LogP contribution >= 0.6 is 0 Å². The molecule has 2 aromatic heterocycles. The van der Waals surface area contributed by atoms with E-state index in [2.05, 4.69) is 22.2 Å². The van der Waals surface area contributed by atoms with Crippen LogP contribution in [-0.2, 0) is 11.3 Å². The van der Waals surface area contributed by atoms with E-state index in [1.165, 1.54) is 6.42 Å². The van der Waals surface area contributed by atoms with Crippen molar-refractivity contribution < 1.29 is 4.79 Å². The third-order valence-corrected chi connectivity index (χ3v) is 5.97. The number of fused-ring (bicyclic) bond motifs is 1. The number of aromatic amines is 1. The molecule has 1 aliphatic rings. The van der Waals surface area contributed by atoms with Gasteiger partial charge in [-0.05, 0) is 24.8 Å². The number of H-pyrrole nitrogens is 1. The molecule has 1 atom stereocenters. The van der Waals surface area contributed by atoms with Crippen LogP contribution in [0.1, 0.15) is 69.2 Å². The van der Waals surface area contributed by atoms with Crippen molar-refractivity contribution in [2.45, 2.75) is 64.3 Å². The van der Waals surface area contributed by atoms with Gasteiger partial charge in [0.1, 0.15) is 5.82 Å². The summed E-state index contributed by atoms with van der Waals surface area (Å²) >= 11 is 0. The fraction of sp³-hybridized carbons (Fsp3) is 0.522. The zero-order valence-electron chi connectivity index (χ0n) is 18.1. The Balaban J connectivity index is 1.51. The molecule has 3 heterocycles. The fourth-order valence-corrected chi connectivity index (χ4v) is 4.23. The SMILES string of the molecule is CCCCCCC(=O)N1CCC[C@H](c2nc3c(nnn3Cc3ccccc3)c(=O)[nH]2)C1. The van der Waals surface area contributed by atoms with Gasteiger partial charge in [-0.15, -0.1) is 5.10 Å². The summed E-state index contributed by atoms with van der Waals surface area (Å²) in [7, 11) is 0. The number of rotatable bonds is 8. The van der Waals surface area contributed by atoms with Gasteiger partial charge < -0.3 is 9.88 Å². The van der Waals surface area contributed by atoms with Crippen LogP contribution in [0.25, 0.3) is 11.2 Å². The van der Waals surface area contributed by atoms with Crippen molar-refractivity contribution in [2.24, 2.45) is 0 Å². The van der Waals surface area contributed by atoms with E-state index >= 15 is 0 Å². The number of amides is 1. The Morgan fingerprint density at radius 3 is 2.84 bits per heavy atom. The van der Waals surface area contributed by atoms with E-state index in [9.17, 15) is 9.59 Å². The van der Waals surface area contributed by atoms with Gasteiger partial charge in [0.25, 0.3) is 5.56 Å². The monoisotopic (exact) mass is 422 g/mol. The third kappa shape index (κ3) is 5.00. The molecule has 0 radical (unpaired) electrons.